The number of nitrogens with zero attached hydrogens (tertiary/aromatic N) is 1. The Labute approximate surface area is 184 Å². The third-order valence-electron chi connectivity index (χ3n) is 5.66. The van der Waals surface area contributed by atoms with E-state index in [0.29, 0.717) is 29.5 Å². The van der Waals surface area contributed by atoms with Gasteiger partial charge in [0.1, 0.15) is 5.75 Å². The van der Waals surface area contributed by atoms with Crippen molar-refractivity contribution in [3.8, 4) is 23.0 Å². The van der Waals surface area contributed by atoms with Gasteiger partial charge < -0.3 is 24.3 Å². The van der Waals surface area contributed by atoms with Crippen molar-refractivity contribution in [3.63, 3.8) is 0 Å². The lowest BCUT2D eigenvalue weighted by Gasteiger charge is -2.30. The first kappa shape index (κ1) is 22.7. The van der Waals surface area contributed by atoms with Crippen LogP contribution in [0.3, 0.4) is 0 Å². The highest BCUT2D eigenvalue weighted by Crippen LogP contribution is 2.40. The molecular formula is C24H32N2O5. The quantitative estimate of drug-likeness (QED) is 0.677. The minimum Gasteiger partial charge on any atom is -0.497 e. The average molecular weight is 429 g/mol. The molecule has 7 heteroatoms. The minimum absolute atomic E-state index is 0.0744. The Hall–Kier alpha value is -2.93. The Kier molecular flexibility index (Phi) is 8.00. The van der Waals surface area contributed by atoms with Crippen LogP contribution < -0.4 is 24.3 Å². The lowest BCUT2D eigenvalue weighted by molar-refractivity contribution is -0.117. The van der Waals surface area contributed by atoms with Gasteiger partial charge >= 0.3 is 0 Å². The number of benzene rings is 2. The largest absolute Gasteiger partial charge is 0.497 e. The van der Waals surface area contributed by atoms with Crippen LogP contribution in [0.1, 0.15) is 37.3 Å². The highest BCUT2D eigenvalue weighted by Gasteiger charge is 2.25. The van der Waals surface area contributed by atoms with Crippen LogP contribution in [-0.4, -0.2) is 52.3 Å². The highest BCUT2D eigenvalue weighted by molar-refractivity contribution is 5.93. The van der Waals surface area contributed by atoms with Crippen LogP contribution in [0.5, 0.6) is 23.0 Å². The van der Waals surface area contributed by atoms with Crippen LogP contribution >= 0.6 is 0 Å². The molecule has 2 aromatic rings. The lowest BCUT2D eigenvalue weighted by atomic mass is 10.0. The van der Waals surface area contributed by atoms with Crippen molar-refractivity contribution in [2.24, 2.45) is 0 Å². The van der Waals surface area contributed by atoms with Gasteiger partial charge in [-0.2, -0.15) is 0 Å². The summed E-state index contributed by atoms with van der Waals surface area (Å²) in [7, 11) is 6.33. The van der Waals surface area contributed by atoms with E-state index in [1.54, 1.807) is 40.6 Å². The third kappa shape index (κ3) is 5.61. The zero-order valence-corrected chi connectivity index (χ0v) is 18.8. The van der Waals surface area contributed by atoms with Crippen LogP contribution in [0.25, 0.3) is 0 Å². The molecule has 0 bridgehead atoms. The second kappa shape index (κ2) is 10.9. The molecule has 1 fully saturated rings. The zero-order valence-electron chi connectivity index (χ0n) is 18.8. The Morgan fingerprint density at radius 1 is 0.935 bits per heavy atom. The van der Waals surface area contributed by atoms with E-state index in [2.05, 4.69) is 22.3 Å². The molecule has 1 atom stereocenters. The Balaban J connectivity index is 1.75. The Bertz CT molecular complexity index is 844. The number of ether oxygens (including phenoxy) is 4. The standard InChI is InChI=1S/C24H32N2O5/c1-28-19-11-9-17(10-12-19)20-8-6-5-7-13-26(20)16-23(27)25-18-14-21(29-2)24(31-4)22(15-18)30-3/h9-12,14-15,20H,5-8,13,16H2,1-4H3,(H,25,27). The van der Waals surface area contributed by atoms with Gasteiger partial charge in [0.15, 0.2) is 11.5 Å². The summed E-state index contributed by atoms with van der Waals surface area (Å²) in [6, 6.07) is 11.8. The number of hydrogen-bond donors (Lipinski definition) is 1. The SMILES string of the molecule is COc1ccc(C2CCCCCN2CC(=O)Nc2cc(OC)c(OC)c(OC)c2)cc1. The summed E-state index contributed by atoms with van der Waals surface area (Å²) in [6.07, 6.45) is 4.45. The fourth-order valence-corrected chi connectivity index (χ4v) is 4.10. The molecule has 168 valence electrons. The second-order valence-corrected chi connectivity index (χ2v) is 7.57. The molecule has 1 heterocycles. The Morgan fingerprint density at radius 3 is 2.19 bits per heavy atom. The Morgan fingerprint density at radius 2 is 1.61 bits per heavy atom. The summed E-state index contributed by atoms with van der Waals surface area (Å²) in [5.74, 6) is 2.26. The molecule has 0 saturated carbocycles. The number of amides is 1. The lowest BCUT2D eigenvalue weighted by Crippen LogP contribution is -2.36. The molecule has 7 nitrogen and oxygen atoms in total. The van der Waals surface area contributed by atoms with Crippen LogP contribution in [0.4, 0.5) is 5.69 Å². The van der Waals surface area contributed by atoms with Gasteiger partial charge in [-0.3, -0.25) is 9.69 Å². The van der Waals surface area contributed by atoms with E-state index >= 15 is 0 Å². The summed E-state index contributed by atoms with van der Waals surface area (Å²) >= 11 is 0. The molecular weight excluding hydrogens is 396 g/mol. The van der Waals surface area contributed by atoms with Crippen molar-refractivity contribution in [1.29, 1.82) is 0 Å². The molecule has 31 heavy (non-hydrogen) atoms. The third-order valence-corrected chi connectivity index (χ3v) is 5.66. The molecule has 0 radical (unpaired) electrons. The molecule has 1 unspecified atom stereocenters. The fourth-order valence-electron chi connectivity index (χ4n) is 4.10. The molecule has 1 saturated heterocycles. The molecule has 1 amide bonds. The predicted octanol–water partition coefficient (Wildman–Crippen LogP) is 4.28. The van der Waals surface area contributed by atoms with Crippen molar-refractivity contribution < 1.29 is 23.7 Å². The summed E-state index contributed by atoms with van der Waals surface area (Å²) in [4.78, 5) is 15.2. The van der Waals surface area contributed by atoms with E-state index in [-0.39, 0.29) is 11.9 Å². The number of methoxy groups -OCH3 is 4. The van der Waals surface area contributed by atoms with Crippen molar-refractivity contribution in [3.05, 3.63) is 42.0 Å². The topological polar surface area (TPSA) is 69.3 Å². The number of nitrogens with one attached hydrogen (secondary N) is 1. The van der Waals surface area contributed by atoms with Gasteiger partial charge in [0.25, 0.3) is 0 Å². The fraction of sp³-hybridized carbons (Fsp3) is 0.458. The van der Waals surface area contributed by atoms with Gasteiger partial charge in [-0.25, -0.2) is 0 Å². The van der Waals surface area contributed by atoms with E-state index < -0.39 is 0 Å². The van der Waals surface area contributed by atoms with Crippen molar-refractivity contribution >= 4 is 11.6 Å². The molecule has 1 N–H and O–H groups in total. The van der Waals surface area contributed by atoms with Gasteiger partial charge in [-0.1, -0.05) is 25.0 Å². The molecule has 0 aliphatic carbocycles. The summed E-state index contributed by atoms with van der Waals surface area (Å²) in [6.45, 7) is 1.20. The van der Waals surface area contributed by atoms with Crippen LogP contribution in [-0.2, 0) is 4.79 Å². The predicted molar refractivity (Wildman–Crippen MR) is 121 cm³/mol. The van der Waals surface area contributed by atoms with Crippen molar-refractivity contribution in [2.75, 3.05) is 46.8 Å². The number of rotatable bonds is 8. The smallest absolute Gasteiger partial charge is 0.238 e. The van der Waals surface area contributed by atoms with E-state index in [1.165, 1.54) is 12.0 Å². The average Bonchev–Trinajstić information content (AvgIpc) is 3.03. The minimum atomic E-state index is -0.0744. The van der Waals surface area contributed by atoms with Crippen molar-refractivity contribution in [2.45, 2.75) is 31.7 Å². The number of carbonyl (C=O) groups is 1. The van der Waals surface area contributed by atoms with Gasteiger partial charge in [-0.05, 0) is 37.1 Å². The monoisotopic (exact) mass is 428 g/mol. The van der Waals surface area contributed by atoms with Crippen molar-refractivity contribution in [1.82, 2.24) is 4.90 Å². The van der Waals surface area contributed by atoms with E-state index in [9.17, 15) is 4.79 Å². The normalized spacial score (nSPS) is 16.8. The van der Waals surface area contributed by atoms with Crippen LogP contribution in [0.2, 0.25) is 0 Å². The molecule has 0 aromatic heterocycles. The maximum atomic E-state index is 12.9. The van der Waals surface area contributed by atoms with E-state index in [1.807, 2.05) is 12.1 Å². The summed E-state index contributed by atoms with van der Waals surface area (Å²) in [5, 5.41) is 2.98. The molecule has 1 aliphatic rings. The maximum absolute atomic E-state index is 12.9. The van der Waals surface area contributed by atoms with Gasteiger partial charge in [0.05, 0.1) is 35.0 Å². The number of likely N-dealkylation sites (tertiary alicyclic amines) is 1. The zero-order chi connectivity index (χ0) is 22.2. The number of hydrogen-bond acceptors (Lipinski definition) is 6. The first-order chi connectivity index (χ1) is 15.1. The van der Waals surface area contributed by atoms with Gasteiger partial charge in [-0.15, -0.1) is 0 Å². The second-order valence-electron chi connectivity index (χ2n) is 7.57. The molecule has 0 spiro atoms. The summed E-state index contributed by atoms with van der Waals surface area (Å²) < 4.78 is 21.4. The van der Waals surface area contributed by atoms with Gasteiger partial charge in [0.2, 0.25) is 11.7 Å². The number of carbonyl (C=O) groups excluding carboxylic acids is 1. The first-order valence-electron chi connectivity index (χ1n) is 10.6. The molecule has 1 aliphatic heterocycles. The first-order valence-corrected chi connectivity index (χ1v) is 10.6. The molecule has 3 rings (SSSR count). The number of anilines is 1. The highest BCUT2D eigenvalue weighted by atomic mass is 16.5. The van der Waals surface area contributed by atoms with Gasteiger partial charge in [0, 0.05) is 23.9 Å². The van der Waals surface area contributed by atoms with E-state index in [4.69, 9.17) is 18.9 Å². The molecule has 2 aromatic carbocycles. The maximum Gasteiger partial charge on any atom is 0.238 e. The van der Waals surface area contributed by atoms with Crippen LogP contribution in [0.15, 0.2) is 36.4 Å². The van der Waals surface area contributed by atoms with E-state index in [0.717, 1.165) is 31.6 Å². The van der Waals surface area contributed by atoms with Crippen LogP contribution in [0, 0.1) is 0 Å². The summed E-state index contributed by atoms with van der Waals surface area (Å²) in [5.41, 5.74) is 1.82.